The van der Waals surface area contributed by atoms with Crippen LogP contribution in [0.25, 0.3) is 0 Å². The minimum atomic E-state index is -0.488. The summed E-state index contributed by atoms with van der Waals surface area (Å²) in [7, 11) is 0. The maximum absolute atomic E-state index is 12.7. The third kappa shape index (κ3) is 2.83. The van der Waals surface area contributed by atoms with Crippen molar-refractivity contribution in [3.05, 3.63) is 18.5 Å². The molecule has 0 bridgehead atoms. The highest BCUT2D eigenvalue weighted by Crippen LogP contribution is 2.29. The Hall–Kier alpha value is -1.07. The average Bonchev–Trinajstić information content (AvgIpc) is 2.92. The van der Waals surface area contributed by atoms with Crippen LogP contribution in [0.5, 0.6) is 0 Å². The number of nitrogens with one attached hydrogen (secondary N) is 2. The molecule has 0 aromatic carbocycles. The minimum absolute atomic E-state index is 0. The molecule has 1 amide bonds. The van der Waals surface area contributed by atoms with Gasteiger partial charge in [-0.3, -0.25) is 9.48 Å². The average molecular weight is 299 g/mol. The van der Waals surface area contributed by atoms with Crippen LogP contribution in [0.15, 0.2) is 18.5 Å². The lowest BCUT2D eigenvalue weighted by Gasteiger charge is -2.37. The molecule has 1 aliphatic carbocycles. The monoisotopic (exact) mass is 298 g/mol. The van der Waals surface area contributed by atoms with Crippen molar-refractivity contribution in [2.45, 2.75) is 37.6 Å². The topological polar surface area (TPSA) is 59.0 Å². The third-order valence-electron chi connectivity index (χ3n) is 4.57. The molecule has 5 nitrogen and oxygen atoms in total. The molecule has 20 heavy (non-hydrogen) atoms. The van der Waals surface area contributed by atoms with Crippen LogP contribution < -0.4 is 10.6 Å². The summed E-state index contributed by atoms with van der Waals surface area (Å²) < 4.78 is 1.85. The van der Waals surface area contributed by atoms with E-state index < -0.39 is 5.54 Å². The molecule has 2 fully saturated rings. The molecule has 3 rings (SSSR count). The van der Waals surface area contributed by atoms with Crippen LogP contribution in [0, 0.1) is 5.92 Å². The minimum Gasteiger partial charge on any atom is -0.354 e. The number of halogens is 1. The largest absolute Gasteiger partial charge is 0.354 e. The van der Waals surface area contributed by atoms with Crippen LogP contribution in [0.4, 0.5) is 0 Å². The van der Waals surface area contributed by atoms with Gasteiger partial charge in [-0.2, -0.15) is 5.10 Å². The molecule has 1 aromatic rings. The number of amides is 1. The number of nitrogens with zero attached hydrogens (tertiary/aromatic N) is 2. The third-order valence-corrected chi connectivity index (χ3v) is 4.57. The molecule has 0 unspecified atom stereocenters. The van der Waals surface area contributed by atoms with Crippen LogP contribution >= 0.6 is 12.4 Å². The Morgan fingerprint density at radius 3 is 2.70 bits per heavy atom. The fraction of sp³-hybridized carbons (Fsp3) is 0.714. The second-order valence-corrected chi connectivity index (χ2v) is 5.74. The van der Waals surface area contributed by atoms with Crippen LogP contribution in [-0.2, 0) is 10.3 Å². The Bertz CT molecular complexity index is 424. The van der Waals surface area contributed by atoms with E-state index in [0.717, 1.165) is 32.5 Å². The Balaban J connectivity index is 0.00000147. The number of hydrogen-bond donors (Lipinski definition) is 2. The summed E-state index contributed by atoms with van der Waals surface area (Å²) in [4.78, 5) is 12.7. The summed E-state index contributed by atoms with van der Waals surface area (Å²) in [5, 5.41) is 10.8. The number of rotatable bonds is 4. The van der Waals surface area contributed by atoms with Gasteiger partial charge in [0.15, 0.2) is 0 Å². The number of carbonyl (C=O) groups excluding carboxylic acids is 1. The Morgan fingerprint density at radius 1 is 1.40 bits per heavy atom. The number of aromatic nitrogens is 2. The first-order valence-corrected chi connectivity index (χ1v) is 7.30. The van der Waals surface area contributed by atoms with E-state index in [1.165, 1.54) is 19.3 Å². The normalized spacial score (nSPS) is 21.6. The van der Waals surface area contributed by atoms with E-state index in [0.29, 0.717) is 5.92 Å². The zero-order valence-electron chi connectivity index (χ0n) is 11.7. The molecule has 6 heteroatoms. The van der Waals surface area contributed by atoms with E-state index in [-0.39, 0.29) is 18.3 Å². The van der Waals surface area contributed by atoms with Crippen molar-refractivity contribution in [2.24, 2.45) is 5.92 Å². The molecule has 112 valence electrons. The first-order valence-electron chi connectivity index (χ1n) is 7.30. The lowest BCUT2D eigenvalue weighted by molar-refractivity contribution is -0.132. The van der Waals surface area contributed by atoms with Gasteiger partial charge in [-0.15, -0.1) is 12.4 Å². The van der Waals surface area contributed by atoms with Crippen molar-refractivity contribution in [3.63, 3.8) is 0 Å². The van der Waals surface area contributed by atoms with Gasteiger partial charge in [-0.05, 0) is 50.8 Å². The van der Waals surface area contributed by atoms with Crippen molar-refractivity contribution in [2.75, 3.05) is 19.6 Å². The van der Waals surface area contributed by atoms with Crippen molar-refractivity contribution in [1.82, 2.24) is 20.4 Å². The number of hydrogen-bond acceptors (Lipinski definition) is 3. The maximum Gasteiger partial charge on any atom is 0.248 e. The SMILES string of the molecule is Cl.O=C(NCC1CCC1)C1(n2cccn2)CCNCC1. The van der Waals surface area contributed by atoms with E-state index in [2.05, 4.69) is 15.7 Å². The first kappa shape index (κ1) is 15.3. The van der Waals surface area contributed by atoms with E-state index in [1.54, 1.807) is 6.20 Å². The summed E-state index contributed by atoms with van der Waals surface area (Å²) in [6.45, 7) is 2.57. The highest BCUT2D eigenvalue weighted by molar-refractivity contribution is 5.85. The van der Waals surface area contributed by atoms with Crippen LogP contribution in [0.3, 0.4) is 0 Å². The number of piperidine rings is 1. The molecule has 2 heterocycles. The van der Waals surface area contributed by atoms with Gasteiger partial charge in [0.05, 0.1) is 0 Å². The molecule has 2 aliphatic rings. The smallest absolute Gasteiger partial charge is 0.248 e. The van der Waals surface area contributed by atoms with Gasteiger partial charge in [0.1, 0.15) is 5.54 Å². The maximum atomic E-state index is 12.7. The summed E-state index contributed by atoms with van der Waals surface area (Å²) >= 11 is 0. The lowest BCUT2D eigenvalue weighted by atomic mass is 9.84. The van der Waals surface area contributed by atoms with Gasteiger partial charge in [0, 0.05) is 18.9 Å². The predicted octanol–water partition coefficient (Wildman–Crippen LogP) is 1.30. The zero-order valence-corrected chi connectivity index (χ0v) is 12.5. The molecule has 0 radical (unpaired) electrons. The predicted molar refractivity (Wildman–Crippen MR) is 79.9 cm³/mol. The zero-order chi connectivity index (χ0) is 13.1. The molecule has 1 aliphatic heterocycles. The van der Waals surface area contributed by atoms with Gasteiger partial charge in [-0.1, -0.05) is 6.42 Å². The van der Waals surface area contributed by atoms with Crippen LogP contribution in [0.1, 0.15) is 32.1 Å². The molecule has 1 saturated carbocycles. The van der Waals surface area contributed by atoms with E-state index >= 15 is 0 Å². The van der Waals surface area contributed by atoms with E-state index in [4.69, 9.17) is 0 Å². The molecule has 1 aromatic heterocycles. The van der Waals surface area contributed by atoms with Crippen molar-refractivity contribution in [3.8, 4) is 0 Å². The second-order valence-electron chi connectivity index (χ2n) is 5.74. The first-order chi connectivity index (χ1) is 9.31. The molecule has 0 atom stereocenters. The molecule has 1 saturated heterocycles. The fourth-order valence-corrected chi connectivity index (χ4v) is 3.02. The van der Waals surface area contributed by atoms with Gasteiger partial charge < -0.3 is 10.6 Å². The highest BCUT2D eigenvalue weighted by Gasteiger charge is 2.42. The molecule has 2 N–H and O–H groups in total. The standard InChI is InChI=1S/C14H22N4O.ClH/c19-13(16-11-12-3-1-4-12)14(5-8-15-9-6-14)18-10-2-7-17-18;/h2,7,10,12,15H,1,3-6,8-9,11H2,(H,16,19);1H. The second kappa shape index (κ2) is 6.59. The summed E-state index contributed by atoms with van der Waals surface area (Å²) in [6.07, 6.45) is 9.12. The molecule has 0 spiro atoms. The fourth-order valence-electron chi connectivity index (χ4n) is 3.02. The van der Waals surface area contributed by atoms with Gasteiger partial charge in [0.2, 0.25) is 5.91 Å². The molecular formula is C14H23ClN4O. The van der Waals surface area contributed by atoms with Crippen molar-refractivity contribution >= 4 is 18.3 Å². The Morgan fingerprint density at radius 2 is 2.15 bits per heavy atom. The van der Waals surface area contributed by atoms with E-state index in [1.807, 2.05) is 16.9 Å². The van der Waals surface area contributed by atoms with Gasteiger partial charge in [0.25, 0.3) is 0 Å². The van der Waals surface area contributed by atoms with Gasteiger partial charge >= 0.3 is 0 Å². The summed E-state index contributed by atoms with van der Waals surface area (Å²) in [5.41, 5.74) is -0.488. The van der Waals surface area contributed by atoms with Crippen LogP contribution in [-0.4, -0.2) is 35.3 Å². The van der Waals surface area contributed by atoms with E-state index in [9.17, 15) is 4.79 Å². The Kier molecular flexibility index (Phi) is 5.05. The summed E-state index contributed by atoms with van der Waals surface area (Å²) in [6, 6.07) is 1.89. The van der Waals surface area contributed by atoms with Gasteiger partial charge in [-0.25, -0.2) is 0 Å². The number of carbonyl (C=O) groups is 1. The van der Waals surface area contributed by atoms with Crippen molar-refractivity contribution in [1.29, 1.82) is 0 Å². The van der Waals surface area contributed by atoms with Crippen molar-refractivity contribution < 1.29 is 4.79 Å². The molecular weight excluding hydrogens is 276 g/mol. The quantitative estimate of drug-likeness (QED) is 0.881. The highest BCUT2D eigenvalue weighted by atomic mass is 35.5. The van der Waals surface area contributed by atoms with Crippen LogP contribution in [0.2, 0.25) is 0 Å². The summed E-state index contributed by atoms with van der Waals surface area (Å²) in [5.74, 6) is 0.838. The Labute approximate surface area is 125 Å². The lowest BCUT2D eigenvalue weighted by Crippen LogP contribution is -2.55.